The first-order valence-electron chi connectivity index (χ1n) is 5.03. The number of carbonyl (C=O) groups is 2. The third-order valence-electron chi connectivity index (χ3n) is 1.78. The van der Waals surface area contributed by atoms with Crippen LogP contribution in [0, 0.1) is 0 Å². The minimum atomic E-state index is -1.26. The molecule has 0 bridgehead atoms. The van der Waals surface area contributed by atoms with Crippen LogP contribution in [-0.2, 0) is 23.8 Å². The number of epoxide rings is 2. The van der Waals surface area contributed by atoms with Crippen molar-refractivity contribution in [1.82, 2.24) is 0 Å². The largest absolute Gasteiger partial charge is 0.478 e. The lowest BCUT2D eigenvalue weighted by Gasteiger charge is -1.95. The molecule has 0 aromatic heterocycles. The smallest absolute Gasteiger partial charge is 0.328 e. The maximum Gasteiger partial charge on any atom is 0.328 e. The van der Waals surface area contributed by atoms with Crippen molar-refractivity contribution in [2.45, 2.75) is 12.2 Å². The van der Waals surface area contributed by atoms with Gasteiger partial charge in [0.1, 0.15) is 12.2 Å². The van der Waals surface area contributed by atoms with Crippen LogP contribution in [0.5, 0.6) is 0 Å². The van der Waals surface area contributed by atoms with Gasteiger partial charge in [-0.2, -0.15) is 0 Å². The molecule has 0 radical (unpaired) electrons. The summed E-state index contributed by atoms with van der Waals surface area (Å²) in [5.74, 6) is -2.51. The van der Waals surface area contributed by atoms with Crippen LogP contribution in [0.1, 0.15) is 0 Å². The standard InChI is InChI=1S/C6H10O3.C4H4O4/c1(5-3-8-5)7-2-6-4-9-6;5-3(6)1-2-4(7)8/h5-6H,1-4H2;1-2H,(H,5,6)(H,7,8). The zero-order chi connectivity index (χ0) is 12.7. The predicted octanol–water partition coefficient (Wildman–Crippen LogP) is -0.488. The molecule has 2 saturated heterocycles. The van der Waals surface area contributed by atoms with E-state index < -0.39 is 11.9 Å². The molecule has 0 aromatic carbocycles. The van der Waals surface area contributed by atoms with Crippen molar-refractivity contribution in [3.05, 3.63) is 12.2 Å². The van der Waals surface area contributed by atoms with E-state index in [-0.39, 0.29) is 0 Å². The van der Waals surface area contributed by atoms with Crippen molar-refractivity contribution in [2.75, 3.05) is 26.4 Å². The molecule has 17 heavy (non-hydrogen) atoms. The Kier molecular flexibility index (Phi) is 5.61. The molecule has 7 heteroatoms. The first kappa shape index (κ1) is 13.6. The van der Waals surface area contributed by atoms with Gasteiger partial charge >= 0.3 is 11.9 Å². The Bertz CT molecular complexity index is 263. The molecule has 7 nitrogen and oxygen atoms in total. The van der Waals surface area contributed by atoms with E-state index in [0.29, 0.717) is 24.4 Å². The first-order chi connectivity index (χ1) is 8.08. The highest BCUT2D eigenvalue weighted by Gasteiger charge is 2.26. The van der Waals surface area contributed by atoms with Crippen LogP contribution in [-0.4, -0.2) is 60.8 Å². The maximum atomic E-state index is 9.55. The van der Waals surface area contributed by atoms with Crippen molar-refractivity contribution >= 4 is 11.9 Å². The van der Waals surface area contributed by atoms with Crippen molar-refractivity contribution in [3.63, 3.8) is 0 Å². The Hall–Kier alpha value is -1.44. The van der Waals surface area contributed by atoms with Crippen LogP contribution < -0.4 is 0 Å². The molecule has 2 atom stereocenters. The number of carboxylic acids is 2. The average Bonchev–Trinajstić information content (AvgIpc) is 3.09. The second kappa shape index (κ2) is 7.00. The van der Waals surface area contributed by atoms with Gasteiger partial charge in [-0.25, -0.2) is 9.59 Å². The van der Waals surface area contributed by atoms with Gasteiger partial charge in [0.15, 0.2) is 0 Å². The number of ether oxygens (including phenoxy) is 3. The monoisotopic (exact) mass is 246 g/mol. The summed E-state index contributed by atoms with van der Waals surface area (Å²) in [6.07, 6.45) is 1.90. The number of hydrogen-bond acceptors (Lipinski definition) is 5. The van der Waals surface area contributed by atoms with E-state index in [1.807, 2.05) is 0 Å². The summed E-state index contributed by atoms with van der Waals surface area (Å²) in [6.45, 7) is 3.26. The molecular formula is C10H14O7. The third kappa shape index (κ3) is 9.49. The summed E-state index contributed by atoms with van der Waals surface area (Å²) < 4.78 is 15.1. The van der Waals surface area contributed by atoms with Gasteiger partial charge in [-0.1, -0.05) is 0 Å². The van der Waals surface area contributed by atoms with Gasteiger partial charge in [0, 0.05) is 12.2 Å². The lowest BCUT2D eigenvalue weighted by molar-refractivity contribution is -0.134. The zero-order valence-electron chi connectivity index (χ0n) is 9.07. The molecule has 0 spiro atoms. The van der Waals surface area contributed by atoms with Crippen molar-refractivity contribution < 1.29 is 34.0 Å². The summed E-state index contributed by atoms with van der Waals surface area (Å²) in [4.78, 5) is 19.1. The molecule has 2 unspecified atom stereocenters. The van der Waals surface area contributed by atoms with Gasteiger partial charge in [0.2, 0.25) is 0 Å². The van der Waals surface area contributed by atoms with Crippen LogP contribution in [0.25, 0.3) is 0 Å². The molecule has 2 aliphatic heterocycles. The number of rotatable bonds is 6. The number of aliphatic carboxylic acids is 2. The Labute approximate surface area is 97.6 Å². The molecule has 96 valence electrons. The third-order valence-corrected chi connectivity index (χ3v) is 1.78. The predicted molar refractivity (Wildman–Crippen MR) is 54.7 cm³/mol. The van der Waals surface area contributed by atoms with E-state index in [1.165, 1.54) is 0 Å². The fourth-order valence-electron chi connectivity index (χ4n) is 0.802. The molecule has 2 rings (SSSR count). The SMILES string of the molecule is C(OCC1CO1)C1CO1.O=C(O)C=CC(=O)O. The van der Waals surface area contributed by atoms with Gasteiger partial charge in [-0.3, -0.25) is 0 Å². The molecule has 2 aliphatic rings. The van der Waals surface area contributed by atoms with Crippen molar-refractivity contribution in [2.24, 2.45) is 0 Å². The van der Waals surface area contributed by atoms with E-state index >= 15 is 0 Å². The molecule has 0 aromatic rings. The van der Waals surface area contributed by atoms with Gasteiger partial charge in [-0.05, 0) is 0 Å². The van der Waals surface area contributed by atoms with E-state index in [1.54, 1.807) is 0 Å². The lowest BCUT2D eigenvalue weighted by atomic mass is 10.5. The van der Waals surface area contributed by atoms with E-state index in [9.17, 15) is 9.59 Å². The fraction of sp³-hybridized carbons (Fsp3) is 0.600. The summed E-state index contributed by atoms with van der Waals surface area (Å²) in [5, 5.41) is 15.6. The van der Waals surface area contributed by atoms with E-state index in [4.69, 9.17) is 24.4 Å². The van der Waals surface area contributed by atoms with Gasteiger partial charge in [0.05, 0.1) is 26.4 Å². The van der Waals surface area contributed by atoms with Crippen molar-refractivity contribution in [1.29, 1.82) is 0 Å². The average molecular weight is 246 g/mol. The molecular weight excluding hydrogens is 232 g/mol. The topological polar surface area (TPSA) is 109 Å². The highest BCUT2D eigenvalue weighted by molar-refractivity contribution is 5.89. The van der Waals surface area contributed by atoms with Crippen LogP contribution in [0.3, 0.4) is 0 Å². The Morgan fingerprint density at radius 3 is 1.65 bits per heavy atom. The second-order valence-corrected chi connectivity index (χ2v) is 3.46. The van der Waals surface area contributed by atoms with Gasteiger partial charge < -0.3 is 24.4 Å². The Morgan fingerprint density at radius 1 is 1.06 bits per heavy atom. The summed E-state index contributed by atoms with van der Waals surface area (Å²) >= 11 is 0. The Balaban J connectivity index is 0.000000172. The van der Waals surface area contributed by atoms with Crippen LogP contribution in [0.4, 0.5) is 0 Å². The van der Waals surface area contributed by atoms with Crippen molar-refractivity contribution in [3.8, 4) is 0 Å². The molecule has 0 aliphatic carbocycles. The molecule has 0 saturated carbocycles. The lowest BCUT2D eigenvalue weighted by Crippen LogP contribution is -2.06. The molecule has 2 fully saturated rings. The summed E-state index contributed by atoms with van der Waals surface area (Å²) in [5.41, 5.74) is 0. The first-order valence-corrected chi connectivity index (χ1v) is 5.03. The fourth-order valence-corrected chi connectivity index (χ4v) is 0.802. The van der Waals surface area contributed by atoms with Gasteiger partial charge in [-0.15, -0.1) is 0 Å². The zero-order valence-corrected chi connectivity index (χ0v) is 9.07. The van der Waals surface area contributed by atoms with Crippen LogP contribution in [0.2, 0.25) is 0 Å². The second-order valence-electron chi connectivity index (χ2n) is 3.46. The highest BCUT2D eigenvalue weighted by atomic mass is 16.6. The van der Waals surface area contributed by atoms with Crippen LogP contribution in [0.15, 0.2) is 12.2 Å². The molecule has 2 N–H and O–H groups in total. The normalized spacial score (nSPS) is 24.9. The highest BCUT2D eigenvalue weighted by Crippen LogP contribution is 2.12. The number of carboxylic acid groups (broad SMARTS) is 2. The minimum absolute atomic E-state index is 0.392. The summed E-state index contributed by atoms with van der Waals surface area (Å²) in [6, 6.07) is 0. The minimum Gasteiger partial charge on any atom is -0.478 e. The molecule has 2 heterocycles. The van der Waals surface area contributed by atoms with Gasteiger partial charge in [0.25, 0.3) is 0 Å². The van der Waals surface area contributed by atoms with Crippen LogP contribution >= 0.6 is 0 Å². The maximum absolute atomic E-state index is 9.55. The van der Waals surface area contributed by atoms with E-state index in [0.717, 1.165) is 26.4 Å². The van der Waals surface area contributed by atoms with E-state index in [2.05, 4.69) is 0 Å². The number of hydrogen-bond donors (Lipinski definition) is 2. The Morgan fingerprint density at radius 2 is 1.41 bits per heavy atom. The molecule has 0 amide bonds. The summed E-state index contributed by atoms with van der Waals surface area (Å²) in [7, 11) is 0. The quantitative estimate of drug-likeness (QED) is 0.481.